The molecule has 0 amide bonds. The van der Waals surface area contributed by atoms with E-state index in [2.05, 4.69) is 13.8 Å². The van der Waals surface area contributed by atoms with Gasteiger partial charge in [0, 0.05) is 18.6 Å². The summed E-state index contributed by atoms with van der Waals surface area (Å²) >= 11 is 0. The third-order valence-corrected chi connectivity index (χ3v) is 4.10. The standard InChI is InChI=1S/C17H16O5/c1-17(2)14(22-17)6-8-20-16-10-3-4-15(18)21-13(10)9-12-11(16)5-7-19-12/h3-5,7,9,14H,6,8H2,1-2H3/t14-/m1/s1. The normalized spacial score (nSPS) is 19.6. The highest BCUT2D eigenvalue weighted by molar-refractivity contribution is 6.01. The average molecular weight is 300 g/mol. The Morgan fingerprint density at radius 2 is 1.95 bits per heavy atom. The van der Waals surface area contributed by atoms with E-state index in [0.717, 1.165) is 17.2 Å². The van der Waals surface area contributed by atoms with Gasteiger partial charge in [-0.05, 0) is 26.0 Å². The summed E-state index contributed by atoms with van der Waals surface area (Å²) in [4.78, 5) is 11.4. The largest absolute Gasteiger partial charge is 0.492 e. The van der Waals surface area contributed by atoms with Gasteiger partial charge < -0.3 is 18.3 Å². The molecule has 5 nitrogen and oxygen atoms in total. The molecule has 1 aliphatic heterocycles. The second kappa shape index (κ2) is 4.61. The number of hydrogen-bond donors (Lipinski definition) is 0. The minimum Gasteiger partial charge on any atom is -0.492 e. The zero-order valence-electron chi connectivity index (χ0n) is 12.4. The molecule has 0 aliphatic carbocycles. The third kappa shape index (κ3) is 2.18. The number of epoxide rings is 1. The highest BCUT2D eigenvalue weighted by Crippen LogP contribution is 2.39. The summed E-state index contributed by atoms with van der Waals surface area (Å²) in [5.41, 5.74) is 0.671. The second-order valence-electron chi connectivity index (χ2n) is 6.05. The van der Waals surface area contributed by atoms with Crippen LogP contribution in [0.25, 0.3) is 21.9 Å². The van der Waals surface area contributed by atoms with Crippen molar-refractivity contribution in [3.8, 4) is 5.75 Å². The van der Waals surface area contributed by atoms with Gasteiger partial charge in [-0.1, -0.05) is 0 Å². The molecule has 1 aliphatic rings. The van der Waals surface area contributed by atoms with Gasteiger partial charge in [-0.25, -0.2) is 4.79 Å². The number of hydrogen-bond acceptors (Lipinski definition) is 5. The van der Waals surface area contributed by atoms with E-state index in [0.29, 0.717) is 23.5 Å². The Hall–Kier alpha value is -2.27. The fourth-order valence-electron chi connectivity index (χ4n) is 2.77. The number of furan rings is 1. The second-order valence-corrected chi connectivity index (χ2v) is 6.05. The number of benzene rings is 1. The summed E-state index contributed by atoms with van der Waals surface area (Å²) < 4.78 is 22.2. The Balaban J connectivity index is 1.70. The molecule has 3 heterocycles. The molecule has 0 spiro atoms. The number of fused-ring (bicyclic) bond motifs is 2. The minimum absolute atomic E-state index is 0.0418. The first-order valence-electron chi connectivity index (χ1n) is 7.29. The van der Waals surface area contributed by atoms with Crippen LogP contribution in [0.3, 0.4) is 0 Å². The lowest BCUT2D eigenvalue weighted by molar-refractivity contribution is 0.278. The maximum absolute atomic E-state index is 11.4. The molecule has 0 bridgehead atoms. The molecule has 0 N–H and O–H groups in total. The topological polar surface area (TPSA) is 65.1 Å². The van der Waals surface area contributed by atoms with E-state index in [1.165, 1.54) is 6.07 Å². The van der Waals surface area contributed by atoms with Crippen LogP contribution in [0.2, 0.25) is 0 Å². The molecule has 1 atom stereocenters. The predicted molar refractivity (Wildman–Crippen MR) is 81.3 cm³/mol. The summed E-state index contributed by atoms with van der Waals surface area (Å²) in [6, 6.07) is 6.69. The van der Waals surface area contributed by atoms with Crippen LogP contribution in [0.1, 0.15) is 20.3 Å². The van der Waals surface area contributed by atoms with Gasteiger partial charge in [0.05, 0.1) is 35.3 Å². The molecular formula is C17H16O5. The van der Waals surface area contributed by atoms with Crippen molar-refractivity contribution in [1.82, 2.24) is 0 Å². The molecule has 2 aromatic heterocycles. The summed E-state index contributed by atoms with van der Waals surface area (Å²) in [7, 11) is 0. The van der Waals surface area contributed by atoms with Crippen LogP contribution in [-0.2, 0) is 4.74 Å². The Labute approximate surface area is 126 Å². The highest BCUT2D eigenvalue weighted by atomic mass is 16.6. The van der Waals surface area contributed by atoms with E-state index in [1.54, 1.807) is 18.4 Å². The Bertz CT molecular complexity index is 902. The smallest absolute Gasteiger partial charge is 0.336 e. The SMILES string of the molecule is CC1(C)O[C@@H]1CCOc1c2ccoc2cc2oc(=O)ccc12. The molecule has 114 valence electrons. The molecule has 4 rings (SSSR count). The van der Waals surface area contributed by atoms with Crippen molar-refractivity contribution in [2.45, 2.75) is 32.0 Å². The molecule has 0 unspecified atom stereocenters. The predicted octanol–water partition coefficient (Wildman–Crippen LogP) is 3.49. The Morgan fingerprint density at radius 3 is 2.73 bits per heavy atom. The molecule has 3 aromatic rings. The Kier molecular flexibility index (Phi) is 2.81. The van der Waals surface area contributed by atoms with E-state index in [4.69, 9.17) is 18.3 Å². The van der Waals surface area contributed by atoms with E-state index in [-0.39, 0.29) is 11.7 Å². The van der Waals surface area contributed by atoms with Crippen molar-refractivity contribution in [3.63, 3.8) is 0 Å². The van der Waals surface area contributed by atoms with Crippen LogP contribution in [0.4, 0.5) is 0 Å². The van der Waals surface area contributed by atoms with Crippen molar-refractivity contribution in [1.29, 1.82) is 0 Å². The lowest BCUT2D eigenvalue weighted by Gasteiger charge is -2.09. The van der Waals surface area contributed by atoms with Gasteiger partial charge >= 0.3 is 5.63 Å². The van der Waals surface area contributed by atoms with Crippen molar-refractivity contribution in [2.24, 2.45) is 0 Å². The van der Waals surface area contributed by atoms with Gasteiger partial charge in [0.15, 0.2) is 0 Å². The molecule has 0 radical (unpaired) electrons. The maximum atomic E-state index is 11.4. The average Bonchev–Trinajstić information content (AvgIpc) is 2.86. The molecule has 1 fully saturated rings. The van der Waals surface area contributed by atoms with Crippen molar-refractivity contribution in [2.75, 3.05) is 6.61 Å². The van der Waals surface area contributed by atoms with Gasteiger partial charge in [0.25, 0.3) is 0 Å². The summed E-state index contributed by atoms with van der Waals surface area (Å²) in [6.45, 7) is 4.67. The fraction of sp³-hybridized carbons (Fsp3) is 0.353. The van der Waals surface area contributed by atoms with Crippen LogP contribution in [0, 0.1) is 0 Å². The first kappa shape index (κ1) is 13.4. The summed E-state index contributed by atoms with van der Waals surface area (Å²) in [5, 5.41) is 1.64. The number of ether oxygens (including phenoxy) is 2. The summed E-state index contributed by atoms with van der Waals surface area (Å²) in [6.07, 6.45) is 2.65. The van der Waals surface area contributed by atoms with Crippen molar-refractivity contribution >= 4 is 21.9 Å². The van der Waals surface area contributed by atoms with Crippen molar-refractivity contribution in [3.05, 3.63) is 40.9 Å². The molecular weight excluding hydrogens is 284 g/mol. The lowest BCUT2D eigenvalue weighted by atomic mass is 10.1. The Morgan fingerprint density at radius 1 is 1.18 bits per heavy atom. The van der Waals surface area contributed by atoms with E-state index >= 15 is 0 Å². The first-order chi connectivity index (χ1) is 10.5. The lowest BCUT2D eigenvalue weighted by Crippen LogP contribution is -2.08. The van der Waals surface area contributed by atoms with Gasteiger partial charge in [0.1, 0.15) is 16.9 Å². The van der Waals surface area contributed by atoms with Gasteiger partial charge in [-0.2, -0.15) is 0 Å². The highest BCUT2D eigenvalue weighted by Gasteiger charge is 2.47. The van der Waals surface area contributed by atoms with E-state index in [1.807, 2.05) is 6.07 Å². The van der Waals surface area contributed by atoms with E-state index < -0.39 is 5.63 Å². The first-order valence-corrected chi connectivity index (χ1v) is 7.29. The van der Waals surface area contributed by atoms with Crippen LogP contribution >= 0.6 is 0 Å². The minimum atomic E-state index is -0.391. The zero-order chi connectivity index (χ0) is 15.3. The maximum Gasteiger partial charge on any atom is 0.336 e. The van der Waals surface area contributed by atoms with Crippen LogP contribution in [0.15, 0.2) is 44.2 Å². The van der Waals surface area contributed by atoms with E-state index in [9.17, 15) is 4.79 Å². The van der Waals surface area contributed by atoms with Gasteiger partial charge in [-0.3, -0.25) is 0 Å². The zero-order valence-corrected chi connectivity index (χ0v) is 12.4. The summed E-state index contributed by atoms with van der Waals surface area (Å²) in [5.74, 6) is 0.684. The molecule has 0 saturated carbocycles. The molecule has 1 saturated heterocycles. The third-order valence-electron chi connectivity index (χ3n) is 4.10. The van der Waals surface area contributed by atoms with Gasteiger partial charge in [-0.15, -0.1) is 0 Å². The molecule has 22 heavy (non-hydrogen) atoms. The monoisotopic (exact) mass is 300 g/mol. The molecule has 1 aromatic carbocycles. The molecule has 5 heteroatoms. The van der Waals surface area contributed by atoms with Crippen LogP contribution < -0.4 is 10.4 Å². The fourth-order valence-corrected chi connectivity index (χ4v) is 2.77. The van der Waals surface area contributed by atoms with Gasteiger partial charge in [0.2, 0.25) is 0 Å². The van der Waals surface area contributed by atoms with Crippen LogP contribution in [-0.4, -0.2) is 18.3 Å². The number of rotatable bonds is 4. The van der Waals surface area contributed by atoms with Crippen LogP contribution in [0.5, 0.6) is 5.75 Å². The quantitative estimate of drug-likeness (QED) is 0.545. The van der Waals surface area contributed by atoms with Crippen molar-refractivity contribution < 1.29 is 18.3 Å².